The molecule has 0 N–H and O–H groups in total. The topological polar surface area (TPSA) is 20.3 Å². The number of benzene rings is 1. The number of rotatable bonds is 0. The Labute approximate surface area is 71.8 Å². The van der Waals surface area contributed by atoms with Crippen LogP contribution in [0.15, 0.2) is 24.3 Å². The van der Waals surface area contributed by atoms with E-state index < -0.39 is 0 Å². The molecule has 1 aliphatic rings. The van der Waals surface area contributed by atoms with E-state index in [-0.39, 0.29) is 5.78 Å². The number of hydrogen-bond donors (Lipinski definition) is 0. The van der Waals surface area contributed by atoms with Gasteiger partial charge in [-0.25, -0.2) is 0 Å². The number of carbonyl (C=O) groups excluding carboxylic acids is 1. The third-order valence-corrected chi connectivity index (χ3v) is 2.17. The maximum absolute atomic E-state index is 11.5. The fourth-order valence-corrected chi connectivity index (χ4v) is 1.61. The van der Waals surface area contributed by atoms with Gasteiger partial charge in [0, 0.05) is 12.1 Å². The fourth-order valence-electron chi connectivity index (χ4n) is 1.61. The predicted molar refractivity (Wildman–Crippen MR) is 47.1 cm³/mol. The van der Waals surface area contributed by atoms with Crippen LogP contribution in [0.1, 0.15) is 15.9 Å². The van der Waals surface area contributed by atoms with Crippen molar-refractivity contribution < 1.29 is 4.79 Å². The molecule has 0 bridgehead atoms. The van der Waals surface area contributed by atoms with Crippen LogP contribution in [0.4, 0.5) is 0 Å². The molecular formula is C10H11NO. The van der Waals surface area contributed by atoms with Crippen LogP contribution in [-0.4, -0.2) is 24.3 Å². The van der Waals surface area contributed by atoms with E-state index in [1.165, 1.54) is 0 Å². The predicted octanol–water partition coefficient (Wildman–Crippen LogP) is 1.31. The number of Topliss-reactive ketones (excluding diaryl/α,β-unsaturated/α-hetero) is 1. The van der Waals surface area contributed by atoms with Gasteiger partial charge in [0.15, 0.2) is 5.78 Å². The van der Waals surface area contributed by atoms with Crippen molar-refractivity contribution in [3.63, 3.8) is 0 Å². The second-order valence-corrected chi connectivity index (χ2v) is 3.25. The standard InChI is InChI=1S/C10H11NO/c1-11-6-8-4-2-3-5-9(8)10(12)7-11/h2-5H,6-7H2,1H3. The summed E-state index contributed by atoms with van der Waals surface area (Å²) in [6, 6.07) is 7.82. The highest BCUT2D eigenvalue weighted by atomic mass is 16.1. The van der Waals surface area contributed by atoms with E-state index in [1.807, 2.05) is 36.2 Å². The zero-order valence-corrected chi connectivity index (χ0v) is 7.08. The Morgan fingerprint density at radius 3 is 2.83 bits per heavy atom. The Morgan fingerprint density at radius 1 is 1.25 bits per heavy atom. The quantitative estimate of drug-likeness (QED) is 0.572. The average Bonchev–Trinajstić information content (AvgIpc) is 2.04. The highest BCUT2D eigenvalue weighted by Gasteiger charge is 2.19. The zero-order chi connectivity index (χ0) is 8.55. The molecule has 62 valence electrons. The monoisotopic (exact) mass is 161 g/mol. The first-order valence-corrected chi connectivity index (χ1v) is 4.07. The van der Waals surface area contributed by atoms with E-state index in [4.69, 9.17) is 0 Å². The first-order valence-electron chi connectivity index (χ1n) is 4.07. The molecule has 2 rings (SSSR count). The molecule has 0 amide bonds. The van der Waals surface area contributed by atoms with E-state index in [9.17, 15) is 4.79 Å². The van der Waals surface area contributed by atoms with Gasteiger partial charge in [0.1, 0.15) is 0 Å². The Balaban J connectivity index is 2.47. The molecule has 1 heterocycles. The number of hydrogen-bond acceptors (Lipinski definition) is 2. The molecule has 0 fully saturated rings. The fraction of sp³-hybridized carbons (Fsp3) is 0.300. The van der Waals surface area contributed by atoms with E-state index in [2.05, 4.69) is 0 Å². The molecule has 0 saturated heterocycles. The summed E-state index contributed by atoms with van der Waals surface area (Å²) in [6.45, 7) is 1.44. The SMILES string of the molecule is CN1CC(=O)c2ccccc2C1. The zero-order valence-electron chi connectivity index (χ0n) is 7.08. The van der Waals surface area contributed by atoms with Gasteiger partial charge in [0.25, 0.3) is 0 Å². The van der Waals surface area contributed by atoms with Gasteiger partial charge < -0.3 is 0 Å². The van der Waals surface area contributed by atoms with Crippen molar-refractivity contribution in [1.29, 1.82) is 0 Å². The summed E-state index contributed by atoms with van der Waals surface area (Å²) in [5.41, 5.74) is 2.05. The van der Waals surface area contributed by atoms with Gasteiger partial charge in [0.05, 0.1) is 6.54 Å². The maximum Gasteiger partial charge on any atom is 0.177 e. The molecule has 0 atom stereocenters. The third-order valence-electron chi connectivity index (χ3n) is 2.17. The van der Waals surface area contributed by atoms with Crippen molar-refractivity contribution in [2.24, 2.45) is 0 Å². The summed E-state index contributed by atoms with van der Waals surface area (Å²) in [6.07, 6.45) is 0. The highest BCUT2D eigenvalue weighted by Crippen LogP contribution is 2.16. The van der Waals surface area contributed by atoms with Gasteiger partial charge in [-0.05, 0) is 12.6 Å². The molecule has 1 aliphatic heterocycles. The van der Waals surface area contributed by atoms with E-state index in [0.717, 1.165) is 17.7 Å². The number of likely N-dealkylation sites (N-methyl/N-ethyl adjacent to an activating group) is 1. The van der Waals surface area contributed by atoms with Crippen molar-refractivity contribution in [1.82, 2.24) is 4.90 Å². The van der Waals surface area contributed by atoms with Gasteiger partial charge in [0.2, 0.25) is 0 Å². The summed E-state index contributed by atoms with van der Waals surface area (Å²) in [4.78, 5) is 13.5. The van der Waals surface area contributed by atoms with E-state index in [0.29, 0.717) is 6.54 Å². The van der Waals surface area contributed by atoms with Crippen LogP contribution in [-0.2, 0) is 6.54 Å². The normalized spacial score (nSPS) is 17.6. The van der Waals surface area contributed by atoms with Crippen LogP contribution in [0.5, 0.6) is 0 Å². The molecule has 2 heteroatoms. The molecular weight excluding hydrogens is 150 g/mol. The van der Waals surface area contributed by atoms with Crippen LogP contribution in [0.25, 0.3) is 0 Å². The summed E-state index contributed by atoms with van der Waals surface area (Å²) in [5.74, 6) is 0.236. The van der Waals surface area contributed by atoms with Crippen molar-refractivity contribution in [2.75, 3.05) is 13.6 Å². The second-order valence-electron chi connectivity index (χ2n) is 3.25. The molecule has 2 nitrogen and oxygen atoms in total. The Bertz CT molecular complexity index is 319. The smallest absolute Gasteiger partial charge is 0.177 e. The minimum absolute atomic E-state index is 0.236. The van der Waals surface area contributed by atoms with Gasteiger partial charge in [-0.2, -0.15) is 0 Å². The first kappa shape index (κ1) is 7.50. The van der Waals surface area contributed by atoms with Crippen molar-refractivity contribution >= 4 is 5.78 Å². The summed E-state index contributed by atoms with van der Waals surface area (Å²) >= 11 is 0. The van der Waals surface area contributed by atoms with Gasteiger partial charge >= 0.3 is 0 Å². The van der Waals surface area contributed by atoms with Gasteiger partial charge in [-0.15, -0.1) is 0 Å². The molecule has 0 aromatic heterocycles. The molecule has 0 aliphatic carbocycles. The molecule has 12 heavy (non-hydrogen) atoms. The minimum Gasteiger partial charge on any atom is -0.295 e. The van der Waals surface area contributed by atoms with Crippen molar-refractivity contribution in [2.45, 2.75) is 6.54 Å². The van der Waals surface area contributed by atoms with E-state index in [1.54, 1.807) is 0 Å². The lowest BCUT2D eigenvalue weighted by Gasteiger charge is -2.23. The second kappa shape index (κ2) is 2.72. The minimum atomic E-state index is 0.236. The van der Waals surface area contributed by atoms with Crippen LogP contribution in [0.3, 0.4) is 0 Å². The highest BCUT2D eigenvalue weighted by molar-refractivity contribution is 5.99. The van der Waals surface area contributed by atoms with Crippen molar-refractivity contribution in [3.05, 3.63) is 35.4 Å². The maximum atomic E-state index is 11.5. The largest absolute Gasteiger partial charge is 0.295 e. The lowest BCUT2D eigenvalue weighted by Crippen LogP contribution is -2.31. The van der Waals surface area contributed by atoms with Crippen LogP contribution in [0.2, 0.25) is 0 Å². The molecule has 0 unspecified atom stereocenters. The summed E-state index contributed by atoms with van der Waals surface area (Å²) in [7, 11) is 1.97. The van der Waals surface area contributed by atoms with Crippen LogP contribution >= 0.6 is 0 Å². The molecule has 0 saturated carbocycles. The number of ketones is 1. The summed E-state index contributed by atoms with van der Waals surface area (Å²) in [5, 5.41) is 0. The van der Waals surface area contributed by atoms with E-state index >= 15 is 0 Å². The number of carbonyl (C=O) groups is 1. The average molecular weight is 161 g/mol. The Hall–Kier alpha value is -1.15. The number of fused-ring (bicyclic) bond motifs is 1. The molecule has 1 aromatic rings. The first-order chi connectivity index (χ1) is 5.77. The lowest BCUT2D eigenvalue weighted by molar-refractivity contribution is 0.0923. The summed E-state index contributed by atoms with van der Waals surface area (Å²) < 4.78 is 0. The van der Waals surface area contributed by atoms with Gasteiger partial charge in [-0.3, -0.25) is 9.69 Å². The van der Waals surface area contributed by atoms with Crippen LogP contribution in [0, 0.1) is 0 Å². The molecule has 0 radical (unpaired) electrons. The Kier molecular flexibility index (Phi) is 1.70. The Morgan fingerprint density at radius 2 is 2.00 bits per heavy atom. The van der Waals surface area contributed by atoms with Crippen LogP contribution < -0.4 is 0 Å². The molecule has 0 spiro atoms. The van der Waals surface area contributed by atoms with Crippen molar-refractivity contribution in [3.8, 4) is 0 Å². The van der Waals surface area contributed by atoms with Gasteiger partial charge in [-0.1, -0.05) is 24.3 Å². The number of nitrogens with zero attached hydrogens (tertiary/aromatic N) is 1. The lowest BCUT2D eigenvalue weighted by atomic mass is 9.99. The third kappa shape index (κ3) is 1.14. The molecule has 1 aromatic carbocycles.